The molecule has 0 aliphatic heterocycles. The molecule has 80 valence electrons. The summed E-state index contributed by atoms with van der Waals surface area (Å²) in [6.45, 7) is 0. The van der Waals surface area contributed by atoms with Crippen molar-refractivity contribution in [2.75, 3.05) is 12.4 Å². The predicted octanol–water partition coefficient (Wildman–Crippen LogP) is 3.93. The second kappa shape index (κ2) is 4.89. The molecule has 0 spiro atoms. The van der Waals surface area contributed by atoms with Gasteiger partial charge in [0.25, 0.3) is 0 Å². The van der Waals surface area contributed by atoms with Gasteiger partial charge in [-0.2, -0.15) is 13.2 Å². The molecule has 1 aromatic rings. The summed E-state index contributed by atoms with van der Waals surface area (Å²) < 4.78 is 37.5. The molecule has 0 saturated heterocycles. The number of nitrogens with one attached hydrogen (secondary N) is 1. The molecular formula is C8H8BrClF3N. The molecule has 14 heavy (non-hydrogen) atoms. The highest BCUT2D eigenvalue weighted by atomic mass is 79.9. The van der Waals surface area contributed by atoms with Gasteiger partial charge >= 0.3 is 6.18 Å². The van der Waals surface area contributed by atoms with Crippen molar-refractivity contribution in [1.82, 2.24) is 0 Å². The third-order valence-electron chi connectivity index (χ3n) is 1.56. The molecule has 1 rings (SSSR count). The van der Waals surface area contributed by atoms with E-state index < -0.39 is 11.7 Å². The minimum atomic E-state index is -4.32. The smallest absolute Gasteiger partial charge is 0.388 e. The fraction of sp³-hybridized carbons (Fsp3) is 0.250. The molecule has 1 N–H and O–H groups in total. The van der Waals surface area contributed by atoms with Crippen LogP contribution in [0.5, 0.6) is 0 Å². The van der Waals surface area contributed by atoms with Crippen LogP contribution < -0.4 is 5.32 Å². The summed E-state index contributed by atoms with van der Waals surface area (Å²) in [6.07, 6.45) is -4.32. The van der Waals surface area contributed by atoms with Gasteiger partial charge < -0.3 is 5.32 Å². The van der Waals surface area contributed by atoms with Crippen molar-refractivity contribution in [2.24, 2.45) is 0 Å². The molecule has 1 aromatic carbocycles. The second-order valence-electron chi connectivity index (χ2n) is 2.44. The van der Waals surface area contributed by atoms with Crippen molar-refractivity contribution in [2.45, 2.75) is 6.18 Å². The molecule has 0 atom stereocenters. The van der Waals surface area contributed by atoms with Crippen LogP contribution in [0.2, 0.25) is 0 Å². The lowest BCUT2D eigenvalue weighted by molar-refractivity contribution is -0.137. The number of hydrogen-bond donors (Lipinski definition) is 1. The topological polar surface area (TPSA) is 12.0 Å². The van der Waals surface area contributed by atoms with E-state index in [1.165, 1.54) is 13.1 Å². The van der Waals surface area contributed by atoms with Crippen molar-refractivity contribution in [3.63, 3.8) is 0 Å². The van der Waals surface area contributed by atoms with E-state index in [2.05, 4.69) is 21.2 Å². The van der Waals surface area contributed by atoms with Gasteiger partial charge in [-0.1, -0.05) is 15.9 Å². The fourth-order valence-corrected chi connectivity index (χ4v) is 1.33. The highest BCUT2D eigenvalue weighted by Crippen LogP contribution is 2.36. The van der Waals surface area contributed by atoms with Gasteiger partial charge in [-0.25, -0.2) is 0 Å². The van der Waals surface area contributed by atoms with Crippen LogP contribution in [0.1, 0.15) is 5.56 Å². The highest BCUT2D eigenvalue weighted by molar-refractivity contribution is 9.10. The maximum Gasteiger partial charge on any atom is 0.418 e. The molecular weight excluding hydrogens is 282 g/mol. The summed E-state index contributed by atoms with van der Waals surface area (Å²) in [6, 6.07) is 3.99. The number of halogens is 5. The van der Waals surface area contributed by atoms with Crippen LogP contribution in [0.15, 0.2) is 22.7 Å². The molecule has 1 nitrogen and oxygen atoms in total. The Kier molecular flexibility index (Phi) is 4.74. The van der Waals surface area contributed by atoms with Crippen LogP contribution >= 0.6 is 28.3 Å². The second-order valence-corrected chi connectivity index (χ2v) is 3.35. The van der Waals surface area contributed by atoms with Crippen molar-refractivity contribution in [3.8, 4) is 0 Å². The van der Waals surface area contributed by atoms with Gasteiger partial charge in [-0.3, -0.25) is 0 Å². The Bertz CT molecular complexity index is 314. The maximum absolute atomic E-state index is 12.4. The number of hydrogen-bond acceptors (Lipinski definition) is 1. The Morgan fingerprint density at radius 3 is 2.29 bits per heavy atom. The minimum Gasteiger partial charge on any atom is -0.388 e. The van der Waals surface area contributed by atoms with E-state index in [4.69, 9.17) is 0 Å². The summed E-state index contributed by atoms with van der Waals surface area (Å²) in [5, 5.41) is 2.49. The van der Waals surface area contributed by atoms with Crippen molar-refractivity contribution < 1.29 is 13.2 Å². The molecule has 0 amide bonds. The van der Waals surface area contributed by atoms with Crippen LogP contribution in [0.25, 0.3) is 0 Å². The normalized spacial score (nSPS) is 10.6. The third-order valence-corrected chi connectivity index (χ3v) is 2.05. The Labute approximate surface area is 94.2 Å². The van der Waals surface area contributed by atoms with E-state index in [1.807, 2.05) is 0 Å². The summed E-state index contributed by atoms with van der Waals surface area (Å²) in [5.41, 5.74) is -0.583. The predicted molar refractivity (Wildman–Crippen MR) is 55.9 cm³/mol. The molecule has 0 unspecified atom stereocenters. The van der Waals surface area contributed by atoms with Crippen LogP contribution in [0.4, 0.5) is 18.9 Å². The first-order valence-corrected chi connectivity index (χ1v) is 4.29. The zero-order chi connectivity index (χ0) is 10.1. The fourth-order valence-electron chi connectivity index (χ4n) is 0.969. The van der Waals surface area contributed by atoms with Gasteiger partial charge in [-0.05, 0) is 18.2 Å². The molecule has 0 bridgehead atoms. The average molecular weight is 291 g/mol. The lowest BCUT2D eigenvalue weighted by atomic mass is 10.2. The van der Waals surface area contributed by atoms with E-state index in [1.54, 1.807) is 6.07 Å². The Hall–Kier alpha value is -0.420. The molecule has 0 aromatic heterocycles. The van der Waals surface area contributed by atoms with E-state index in [0.717, 1.165) is 6.07 Å². The van der Waals surface area contributed by atoms with Crippen molar-refractivity contribution in [3.05, 3.63) is 28.2 Å². The molecule has 6 heteroatoms. The lowest BCUT2D eigenvalue weighted by Gasteiger charge is -2.12. The largest absolute Gasteiger partial charge is 0.418 e. The van der Waals surface area contributed by atoms with E-state index in [0.29, 0.717) is 4.47 Å². The van der Waals surface area contributed by atoms with Crippen LogP contribution in [-0.2, 0) is 6.18 Å². The number of alkyl halides is 3. The van der Waals surface area contributed by atoms with Crippen LogP contribution in [0.3, 0.4) is 0 Å². The first-order valence-electron chi connectivity index (χ1n) is 3.49. The van der Waals surface area contributed by atoms with Gasteiger partial charge in [0.05, 0.1) is 5.56 Å². The van der Waals surface area contributed by atoms with Crippen LogP contribution in [-0.4, -0.2) is 7.05 Å². The zero-order valence-electron chi connectivity index (χ0n) is 7.15. The highest BCUT2D eigenvalue weighted by Gasteiger charge is 2.33. The monoisotopic (exact) mass is 289 g/mol. The molecule has 0 fully saturated rings. The van der Waals surface area contributed by atoms with Gasteiger partial charge in [0.1, 0.15) is 0 Å². The Morgan fingerprint density at radius 2 is 1.86 bits per heavy atom. The van der Waals surface area contributed by atoms with Crippen LogP contribution in [0, 0.1) is 0 Å². The number of anilines is 1. The standard InChI is InChI=1S/C8H7BrF3N.ClH/c1-13-7-3-2-5(9)4-6(7)8(10,11)12;/h2-4,13H,1H3;1H. The number of rotatable bonds is 1. The SMILES string of the molecule is CNc1ccc(Br)cc1C(F)(F)F.Cl. The summed E-state index contributed by atoms with van der Waals surface area (Å²) >= 11 is 2.99. The molecule has 0 heterocycles. The van der Waals surface area contributed by atoms with Gasteiger partial charge in [0, 0.05) is 17.2 Å². The Morgan fingerprint density at radius 1 is 1.29 bits per heavy atom. The zero-order valence-corrected chi connectivity index (χ0v) is 9.55. The molecule has 0 aliphatic rings. The molecule has 0 aliphatic carbocycles. The van der Waals surface area contributed by atoms with E-state index in [9.17, 15) is 13.2 Å². The van der Waals surface area contributed by atoms with Gasteiger partial charge in [0.2, 0.25) is 0 Å². The van der Waals surface area contributed by atoms with E-state index >= 15 is 0 Å². The van der Waals surface area contributed by atoms with Gasteiger partial charge in [-0.15, -0.1) is 12.4 Å². The summed E-state index contributed by atoms with van der Waals surface area (Å²) in [5.74, 6) is 0. The number of benzene rings is 1. The third kappa shape index (κ3) is 3.06. The average Bonchev–Trinajstić information content (AvgIpc) is 2.03. The van der Waals surface area contributed by atoms with Gasteiger partial charge in [0.15, 0.2) is 0 Å². The van der Waals surface area contributed by atoms with Crippen molar-refractivity contribution in [1.29, 1.82) is 0 Å². The van der Waals surface area contributed by atoms with E-state index in [-0.39, 0.29) is 18.1 Å². The lowest BCUT2D eigenvalue weighted by Crippen LogP contribution is -2.08. The van der Waals surface area contributed by atoms with Crippen molar-refractivity contribution >= 4 is 34.0 Å². The summed E-state index contributed by atoms with van der Waals surface area (Å²) in [4.78, 5) is 0. The first kappa shape index (κ1) is 13.6. The molecule has 0 saturated carbocycles. The summed E-state index contributed by atoms with van der Waals surface area (Å²) in [7, 11) is 1.46. The molecule has 0 radical (unpaired) electrons. The first-order chi connectivity index (χ1) is 5.95. The quantitative estimate of drug-likeness (QED) is 0.826. The minimum absolute atomic E-state index is 0. The Balaban J connectivity index is 0.00000169. The maximum atomic E-state index is 12.4.